The number of hydrogen-bond acceptors (Lipinski definition) is 4. The molecule has 0 unspecified atom stereocenters. The van der Waals surface area contributed by atoms with Crippen molar-refractivity contribution in [3.8, 4) is 0 Å². The zero-order valence-electron chi connectivity index (χ0n) is 11.6. The molecule has 1 aliphatic carbocycles. The summed E-state index contributed by atoms with van der Waals surface area (Å²) >= 11 is 0. The fourth-order valence-corrected chi connectivity index (χ4v) is 2.02. The molecule has 1 aliphatic rings. The van der Waals surface area contributed by atoms with Gasteiger partial charge in [0.1, 0.15) is 5.69 Å². The fourth-order valence-electron chi connectivity index (χ4n) is 2.02. The van der Waals surface area contributed by atoms with E-state index in [1.54, 1.807) is 18.3 Å². The largest absolute Gasteiger partial charge is 0.334 e. The van der Waals surface area contributed by atoms with Gasteiger partial charge in [-0.2, -0.15) is 0 Å². The zero-order valence-corrected chi connectivity index (χ0v) is 11.6. The van der Waals surface area contributed by atoms with E-state index < -0.39 is 0 Å². The minimum absolute atomic E-state index is 0.0141. The summed E-state index contributed by atoms with van der Waals surface area (Å²) in [5.74, 6) is 5.97. The predicted molar refractivity (Wildman–Crippen MR) is 75.6 cm³/mol. The van der Waals surface area contributed by atoms with Gasteiger partial charge in [-0.25, -0.2) is 0 Å². The highest BCUT2D eigenvalue weighted by atomic mass is 16.2. The topological polar surface area (TPSA) is 71.2 Å². The lowest BCUT2D eigenvalue weighted by Crippen LogP contribution is -2.35. The number of rotatable bonds is 6. The molecule has 19 heavy (non-hydrogen) atoms. The lowest BCUT2D eigenvalue weighted by Gasteiger charge is -2.23. The van der Waals surface area contributed by atoms with Crippen LogP contribution in [0.1, 0.15) is 43.6 Å². The molecule has 0 bridgehead atoms. The van der Waals surface area contributed by atoms with Gasteiger partial charge < -0.3 is 10.3 Å². The van der Waals surface area contributed by atoms with Crippen LogP contribution in [0.4, 0.5) is 5.69 Å². The van der Waals surface area contributed by atoms with Crippen LogP contribution in [0.5, 0.6) is 0 Å². The van der Waals surface area contributed by atoms with Crippen molar-refractivity contribution >= 4 is 11.6 Å². The summed E-state index contributed by atoms with van der Waals surface area (Å²) in [7, 11) is 0. The van der Waals surface area contributed by atoms with Crippen LogP contribution in [0.2, 0.25) is 0 Å². The molecule has 0 radical (unpaired) electrons. The molecular formula is C14H22N4O. The average Bonchev–Trinajstić information content (AvgIpc) is 3.23. The number of carbonyl (C=O) groups is 1. The Labute approximate surface area is 114 Å². The Kier molecular flexibility index (Phi) is 4.37. The number of hydrogen-bond donors (Lipinski definition) is 2. The molecule has 1 heterocycles. The maximum Gasteiger partial charge on any atom is 0.272 e. The summed E-state index contributed by atoms with van der Waals surface area (Å²) in [6.45, 7) is 5.16. The Morgan fingerprint density at radius 2 is 2.32 bits per heavy atom. The molecule has 1 aromatic heterocycles. The predicted octanol–water partition coefficient (Wildman–Crippen LogP) is 2.02. The highest BCUT2D eigenvalue weighted by molar-refractivity contribution is 5.93. The van der Waals surface area contributed by atoms with Crippen molar-refractivity contribution in [3.05, 3.63) is 24.0 Å². The van der Waals surface area contributed by atoms with Crippen molar-refractivity contribution in [2.75, 3.05) is 12.0 Å². The molecule has 1 fully saturated rings. The van der Waals surface area contributed by atoms with Crippen LogP contribution >= 0.6 is 0 Å². The van der Waals surface area contributed by atoms with Gasteiger partial charge in [-0.05, 0) is 37.3 Å². The second kappa shape index (κ2) is 6.02. The van der Waals surface area contributed by atoms with Gasteiger partial charge in [0.05, 0.1) is 5.69 Å². The second-order valence-corrected chi connectivity index (χ2v) is 5.49. The maximum absolute atomic E-state index is 12.5. The van der Waals surface area contributed by atoms with E-state index in [0.29, 0.717) is 23.3 Å². The fraction of sp³-hybridized carbons (Fsp3) is 0.571. The first-order chi connectivity index (χ1) is 9.11. The Hall–Kier alpha value is -1.62. The van der Waals surface area contributed by atoms with Crippen LogP contribution in [0, 0.1) is 5.92 Å². The molecule has 0 saturated heterocycles. The Morgan fingerprint density at radius 3 is 2.89 bits per heavy atom. The van der Waals surface area contributed by atoms with Gasteiger partial charge in [-0.1, -0.05) is 13.8 Å². The molecule has 0 aromatic carbocycles. The van der Waals surface area contributed by atoms with Gasteiger partial charge in [0.15, 0.2) is 0 Å². The van der Waals surface area contributed by atoms with Crippen LogP contribution in [-0.4, -0.2) is 28.4 Å². The van der Waals surface area contributed by atoms with Crippen LogP contribution in [0.3, 0.4) is 0 Å². The summed E-state index contributed by atoms with van der Waals surface area (Å²) in [4.78, 5) is 18.6. The van der Waals surface area contributed by atoms with Gasteiger partial charge >= 0.3 is 0 Å². The van der Waals surface area contributed by atoms with Gasteiger partial charge in [-0.15, -0.1) is 0 Å². The third-order valence-corrected chi connectivity index (χ3v) is 3.34. The highest BCUT2D eigenvalue weighted by Crippen LogP contribution is 2.28. The van der Waals surface area contributed by atoms with Crippen molar-refractivity contribution in [2.24, 2.45) is 11.8 Å². The van der Waals surface area contributed by atoms with E-state index in [9.17, 15) is 4.79 Å². The number of carbonyl (C=O) groups excluding carboxylic acids is 1. The number of amides is 1. The van der Waals surface area contributed by atoms with E-state index in [-0.39, 0.29) is 5.91 Å². The van der Waals surface area contributed by atoms with Crippen LogP contribution in [0.15, 0.2) is 18.3 Å². The number of nitrogen functional groups attached to an aromatic ring is 1. The van der Waals surface area contributed by atoms with Crippen molar-refractivity contribution in [1.29, 1.82) is 0 Å². The van der Waals surface area contributed by atoms with Crippen LogP contribution in [0.25, 0.3) is 0 Å². The molecule has 0 aliphatic heterocycles. The number of aromatic nitrogens is 1. The minimum Gasteiger partial charge on any atom is -0.334 e. The third-order valence-electron chi connectivity index (χ3n) is 3.34. The Morgan fingerprint density at radius 1 is 1.58 bits per heavy atom. The van der Waals surface area contributed by atoms with Crippen LogP contribution in [-0.2, 0) is 0 Å². The minimum atomic E-state index is 0.0141. The number of anilines is 1. The van der Waals surface area contributed by atoms with E-state index in [0.717, 1.165) is 25.8 Å². The molecule has 0 atom stereocenters. The smallest absolute Gasteiger partial charge is 0.272 e. The lowest BCUT2D eigenvalue weighted by molar-refractivity contribution is 0.0729. The van der Waals surface area contributed by atoms with E-state index in [2.05, 4.69) is 24.3 Å². The molecule has 5 heteroatoms. The quantitative estimate of drug-likeness (QED) is 0.608. The van der Waals surface area contributed by atoms with Crippen molar-refractivity contribution < 1.29 is 4.79 Å². The zero-order chi connectivity index (χ0) is 13.8. The van der Waals surface area contributed by atoms with Crippen molar-refractivity contribution in [1.82, 2.24) is 9.88 Å². The summed E-state index contributed by atoms with van der Waals surface area (Å²) < 4.78 is 0. The van der Waals surface area contributed by atoms with Crippen LogP contribution < -0.4 is 11.3 Å². The molecule has 1 amide bonds. The number of nitrogens with zero attached hydrogens (tertiary/aromatic N) is 2. The first-order valence-electron chi connectivity index (χ1n) is 6.85. The van der Waals surface area contributed by atoms with E-state index in [4.69, 9.17) is 5.84 Å². The van der Waals surface area contributed by atoms with E-state index in [1.807, 2.05) is 4.90 Å². The molecule has 2 rings (SSSR count). The molecule has 1 aromatic rings. The summed E-state index contributed by atoms with van der Waals surface area (Å²) in [5, 5.41) is 0. The lowest BCUT2D eigenvalue weighted by atomic mass is 10.1. The van der Waals surface area contributed by atoms with E-state index in [1.165, 1.54) is 0 Å². The summed E-state index contributed by atoms with van der Waals surface area (Å²) in [6, 6.07) is 3.85. The number of pyridine rings is 1. The first-order valence-corrected chi connectivity index (χ1v) is 6.85. The molecule has 1 saturated carbocycles. The number of hydrazine groups is 1. The normalized spacial score (nSPS) is 14.5. The molecule has 3 N–H and O–H groups in total. The van der Waals surface area contributed by atoms with E-state index >= 15 is 0 Å². The van der Waals surface area contributed by atoms with Gasteiger partial charge in [-0.3, -0.25) is 15.6 Å². The molecule has 104 valence electrons. The van der Waals surface area contributed by atoms with Crippen molar-refractivity contribution in [2.45, 2.75) is 39.2 Å². The molecule has 5 nitrogen and oxygen atoms in total. The van der Waals surface area contributed by atoms with Crippen molar-refractivity contribution in [3.63, 3.8) is 0 Å². The monoisotopic (exact) mass is 262 g/mol. The summed E-state index contributed by atoms with van der Waals surface area (Å²) in [5.41, 5.74) is 3.72. The number of nitrogens with two attached hydrogens (primary N) is 1. The molecular weight excluding hydrogens is 240 g/mol. The maximum atomic E-state index is 12.5. The number of nitrogens with one attached hydrogen (secondary N) is 1. The molecule has 0 spiro atoms. The summed E-state index contributed by atoms with van der Waals surface area (Å²) in [6.07, 6.45) is 4.85. The third kappa shape index (κ3) is 3.67. The SMILES string of the molecule is CC(C)CCN(C(=O)c1cc(NN)ccn1)C1CC1. The second-order valence-electron chi connectivity index (χ2n) is 5.49. The Balaban J connectivity index is 2.09. The Bertz CT molecular complexity index is 443. The van der Waals surface area contributed by atoms with Gasteiger partial charge in [0.2, 0.25) is 0 Å². The van der Waals surface area contributed by atoms with Gasteiger partial charge in [0, 0.05) is 18.8 Å². The highest BCUT2D eigenvalue weighted by Gasteiger charge is 2.33. The average molecular weight is 262 g/mol. The van der Waals surface area contributed by atoms with Gasteiger partial charge in [0.25, 0.3) is 5.91 Å². The first kappa shape index (κ1) is 13.8. The standard InChI is InChI=1S/C14H22N4O/c1-10(2)6-8-18(12-3-4-12)14(19)13-9-11(17-15)5-7-16-13/h5,7,9-10,12H,3-4,6,8,15H2,1-2H3,(H,16,17).